The summed E-state index contributed by atoms with van der Waals surface area (Å²) in [5.41, 5.74) is 6.90. The number of imidazole rings is 1. The van der Waals surface area contributed by atoms with Crippen LogP contribution in [0.3, 0.4) is 0 Å². The molecule has 1 saturated heterocycles. The number of nitrogens with zero attached hydrogens (tertiary/aromatic N) is 5. The van der Waals surface area contributed by atoms with Crippen molar-refractivity contribution in [3.05, 3.63) is 87.5 Å². The van der Waals surface area contributed by atoms with Gasteiger partial charge in [0.2, 0.25) is 5.89 Å². The van der Waals surface area contributed by atoms with Crippen LogP contribution in [0.15, 0.2) is 52.9 Å². The number of hydrogen-bond donors (Lipinski definition) is 3. The Kier molecular flexibility index (Phi) is 7.59. The minimum atomic E-state index is -0.797. The highest BCUT2D eigenvalue weighted by atomic mass is 35.5. The van der Waals surface area contributed by atoms with Gasteiger partial charge in [0.25, 0.3) is 5.91 Å². The quantitative estimate of drug-likeness (QED) is 0.196. The van der Waals surface area contributed by atoms with Gasteiger partial charge in [-0.15, -0.1) is 0 Å². The maximum Gasteiger partial charge on any atom is 0.310 e. The molecule has 0 spiro atoms. The predicted molar refractivity (Wildman–Crippen MR) is 177 cm³/mol. The summed E-state index contributed by atoms with van der Waals surface area (Å²) in [7, 11) is 1.83. The zero-order valence-electron chi connectivity index (χ0n) is 26.1. The van der Waals surface area contributed by atoms with Crippen molar-refractivity contribution in [2.24, 2.45) is 12.5 Å². The topological polar surface area (TPSA) is 149 Å². The average molecular weight is 650 g/mol. The highest BCUT2D eigenvalue weighted by Crippen LogP contribution is 2.39. The van der Waals surface area contributed by atoms with E-state index in [1.807, 2.05) is 50.4 Å². The molecule has 2 aromatic heterocycles. The Balaban J connectivity index is 1.18. The lowest BCUT2D eigenvalue weighted by Crippen LogP contribution is -2.31. The number of aromatic nitrogens is 3. The van der Waals surface area contributed by atoms with E-state index in [-0.39, 0.29) is 5.91 Å². The molecule has 1 amide bonds. The van der Waals surface area contributed by atoms with E-state index in [1.54, 1.807) is 23.6 Å². The molecule has 3 aromatic carbocycles. The van der Waals surface area contributed by atoms with Crippen molar-refractivity contribution in [1.82, 2.24) is 24.8 Å². The second-order valence-corrected chi connectivity index (χ2v) is 12.9. The molecule has 12 heteroatoms. The molecule has 0 aliphatic carbocycles. The third-order valence-electron chi connectivity index (χ3n) is 9.33. The number of nitriles is 1. The summed E-state index contributed by atoms with van der Waals surface area (Å²) < 4.78 is 8.01. The van der Waals surface area contributed by atoms with Crippen molar-refractivity contribution in [2.45, 2.75) is 39.9 Å². The van der Waals surface area contributed by atoms with Crippen LogP contribution in [0.1, 0.15) is 52.0 Å². The number of anilines is 1. The smallest absolute Gasteiger partial charge is 0.310 e. The standard InChI is InChI=1S/C35H32ClN7O4/c1-19-22(24-8-5-9-25(29(24)36)40-32(44)31-39-27-15-38-16-28(27)42(31)3)6-4-7-23(19)33-41-26-13-20(12-21(14-37)30(26)47-33)17-43-11-10-35(2,18-43)34(45)46/h4-9,12-13,38H,10-11,15-18H2,1-3H3,(H,40,44)(H,45,46)/t35-/m1/s1. The van der Waals surface area contributed by atoms with E-state index in [0.717, 1.165) is 39.2 Å². The number of amides is 1. The summed E-state index contributed by atoms with van der Waals surface area (Å²) in [6.07, 6.45) is 0.572. The molecule has 238 valence electrons. The van der Waals surface area contributed by atoms with E-state index in [0.29, 0.717) is 78.2 Å². The number of rotatable bonds is 7. The fourth-order valence-corrected chi connectivity index (χ4v) is 6.91. The first-order valence-corrected chi connectivity index (χ1v) is 15.7. The molecule has 2 aliphatic rings. The number of carbonyl (C=O) groups excluding carboxylic acids is 1. The van der Waals surface area contributed by atoms with Gasteiger partial charge in [-0.3, -0.25) is 14.5 Å². The molecule has 3 N–H and O–H groups in total. The largest absolute Gasteiger partial charge is 0.481 e. The van der Waals surface area contributed by atoms with Crippen molar-refractivity contribution in [3.63, 3.8) is 0 Å². The molecule has 0 bridgehead atoms. The van der Waals surface area contributed by atoms with E-state index in [1.165, 1.54) is 0 Å². The molecule has 7 rings (SSSR count). The third kappa shape index (κ3) is 5.34. The van der Waals surface area contributed by atoms with Crippen molar-refractivity contribution in [2.75, 3.05) is 18.4 Å². The van der Waals surface area contributed by atoms with Crippen molar-refractivity contribution < 1.29 is 19.1 Å². The number of halogens is 1. The van der Waals surface area contributed by atoms with Crippen LogP contribution in [0.4, 0.5) is 5.69 Å². The first-order chi connectivity index (χ1) is 22.6. The number of hydrogen-bond acceptors (Lipinski definition) is 8. The molecule has 2 aliphatic heterocycles. The van der Waals surface area contributed by atoms with E-state index in [4.69, 9.17) is 21.0 Å². The Labute approximate surface area is 275 Å². The molecule has 4 heterocycles. The minimum Gasteiger partial charge on any atom is -0.481 e. The number of aliphatic carboxylic acids is 1. The normalized spacial score (nSPS) is 17.6. The number of carbonyl (C=O) groups is 2. The number of oxazole rings is 1. The second-order valence-electron chi connectivity index (χ2n) is 12.5. The Morgan fingerprint density at radius 2 is 1.91 bits per heavy atom. The summed E-state index contributed by atoms with van der Waals surface area (Å²) in [6.45, 7) is 6.63. The monoisotopic (exact) mass is 649 g/mol. The predicted octanol–water partition coefficient (Wildman–Crippen LogP) is 5.88. The Hall–Kier alpha value is -5.02. The van der Waals surface area contributed by atoms with Crippen LogP contribution in [0, 0.1) is 23.7 Å². The highest BCUT2D eigenvalue weighted by Gasteiger charge is 2.40. The SMILES string of the molecule is Cc1c(-c2nc3cc(CN4CC[C@@](C)(C(=O)O)C4)cc(C#N)c3o2)cccc1-c1cccc(NC(=O)c2nc3c(n2C)CNC3)c1Cl. The molecule has 0 radical (unpaired) electrons. The molecule has 1 fully saturated rings. The van der Waals surface area contributed by atoms with Gasteiger partial charge in [0.1, 0.15) is 11.6 Å². The van der Waals surface area contributed by atoms with Gasteiger partial charge in [-0.05, 0) is 67.8 Å². The van der Waals surface area contributed by atoms with Crippen LogP contribution in [0.5, 0.6) is 0 Å². The number of likely N-dealkylation sites (tertiary alicyclic amines) is 1. The van der Waals surface area contributed by atoms with Crippen molar-refractivity contribution >= 4 is 40.3 Å². The van der Waals surface area contributed by atoms with Crippen molar-refractivity contribution in [1.29, 1.82) is 5.26 Å². The van der Waals surface area contributed by atoms with Crippen LogP contribution in [0.2, 0.25) is 5.02 Å². The zero-order valence-corrected chi connectivity index (χ0v) is 26.9. The van der Waals surface area contributed by atoms with Gasteiger partial charge >= 0.3 is 5.97 Å². The lowest BCUT2D eigenvalue weighted by Gasteiger charge is -2.20. The molecular formula is C35H32ClN7O4. The van der Waals surface area contributed by atoms with Gasteiger partial charge in [-0.25, -0.2) is 9.97 Å². The summed E-state index contributed by atoms with van der Waals surface area (Å²) in [6, 6.07) is 17.1. The zero-order chi connectivity index (χ0) is 33.0. The maximum atomic E-state index is 13.2. The first kappa shape index (κ1) is 30.6. The van der Waals surface area contributed by atoms with Crippen LogP contribution in [-0.4, -0.2) is 49.5 Å². The summed E-state index contributed by atoms with van der Waals surface area (Å²) in [4.78, 5) is 36.3. The number of carboxylic acid groups (broad SMARTS) is 1. The Bertz CT molecular complexity index is 2150. The Morgan fingerprint density at radius 3 is 2.66 bits per heavy atom. The fourth-order valence-electron chi connectivity index (χ4n) is 6.63. The van der Waals surface area contributed by atoms with Gasteiger partial charge in [-0.2, -0.15) is 5.26 Å². The fraction of sp³-hybridized carbons (Fsp3) is 0.286. The van der Waals surface area contributed by atoms with Crippen LogP contribution in [0.25, 0.3) is 33.7 Å². The van der Waals surface area contributed by atoms with Crippen LogP contribution in [-0.2, 0) is 31.5 Å². The molecule has 0 saturated carbocycles. The summed E-state index contributed by atoms with van der Waals surface area (Å²) in [5.74, 6) is -0.447. The molecule has 47 heavy (non-hydrogen) atoms. The average Bonchev–Trinajstić information content (AvgIpc) is 3.83. The van der Waals surface area contributed by atoms with Crippen molar-refractivity contribution in [3.8, 4) is 28.7 Å². The minimum absolute atomic E-state index is 0.325. The molecule has 5 aromatic rings. The van der Waals surface area contributed by atoms with E-state index < -0.39 is 11.4 Å². The molecular weight excluding hydrogens is 618 g/mol. The van der Waals surface area contributed by atoms with Gasteiger partial charge in [0.05, 0.1) is 33.1 Å². The number of carboxylic acids is 1. The lowest BCUT2D eigenvalue weighted by atomic mass is 9.90. The summed E-state index contributed by atoms with van der Waals surface area (Å²) >= 11 is 6.92. The first-order valence-electron chi connectivity index (χ1n) is 15.3. The third-order valence-corrected chi connectivity index (χ3v) is 9.74. The van der Waals surface area contributed by atoms with E-state index in [9.17, 15) is 20.0 Å². The van der Waals surface area contributed by atoms with Crippen LogP contribution < -0.4 is 10.6 Å². The van der Waals surface area contributed by atoms with Gasteiger partial charge in [0, 0.05) is 44.4 Å². The van der Waals surface area contributed by atoms with E-state index >= 15 is 0 Å². The number of nitrogens with one attached hydrogen (secondary N) is 2. The molecule has 11 nitrogen and oxygen atoms in total. The molecule has 1 atom stereocenters. The van der Waals surface area contributed by atoms with Crippen LogP contribution >= 0.6 is 11.6 Å². The van der Waals surface area contributed by atoms with Gasteiger partial charge < -0.3 is 24.7 Å². The molecule has 0 unspecified atom stereocenters. The van der Waals surface area contributed by atoms with E-state index in [2.05, 4.69) is 26.6 Å². The number of fused-ring (bicyclic) bond motifs is 2. The highest BCUT2D eigenvalue weighted by molar-refractivity contribution is 6.36. The van der Waals surface area contributed by atoms with Gasteiger partial charge in [0.15, 0.2) is 11.4 Å². The lowest BCUT2D eigenvalue weighted by molar-refractivity contribution is -0.147. The Morgan fingerprint density at radius 1 is 1.15 bits per heavy atom. The van der Waals surface area contributed by atoms with Gasteiger partial charge in [-0.1, -0.05) is 35.9 Å². The second kappa shape index (κ2) is 11.7. The maximum absolute atomic E-state index is 13.2. The summed E-state index contributed by atoms with van der Waals surface area (Å²) in [5, 5.41) is 26.1. The number of benzene rings is 3.